The highest BCUT2D eigenvalue weighted by Gasteiger charge is 2.06. The van der Waals surface area contributed by atoms with E-state index >= 15 is 0 Å². The van der Waals surface area contributed by atoms with Gasteiger partial charge in [-0.1, -0.05) is 0 Å². The fourth-order valence-electron chi connectivity index (χ4n) is 1.84. The number of nitrogen functional groups attached to an aromatic ring is 1. The predicted molar refractivity (Wildman–Crippen MR) is 69.8 cm³/mol. The highest BCUT2D eigenvalue weighted by Crippen LogP contribution is 2.20. The molecule has 0 atom stereocenters. The third-order valence-electron chi connectivity index (χ3n) is 2.77. The fraction of sp³-hybridized carbons (Fsp3) is 0.0769. The molecular formula is C13H12N4O. The summed E-state index contributed by atoms with van der Waals surface area (Å²) >= 11 is 0. The standard InChI is InChI=1S/C13H12N4O/c1-18-11-4-5-13(15-8-11)17-12-6-10(14)3-2-9(12)7-16-17/h2-8H,14H2,1H3. The van der Waals surface area contributed by atoms with E-state index in [9.17, 15) is 0 Å². The minimum Gasteiger partial charge on any atom is -0.495 e. The van der Waals surface area contributed by atoms with E-state index in [0.29, 0.717) is 5.69 Å². The fourth-order valence-corrected chi connectivity index (χ4v) is 1.84. The van der Waals surface area contributed by atoms with Crippen LogP contribution in [-0.4, -0.2) is 21.9 Å². The van der Waals surface area contributed by atoms with Crippen LogP contribution in [0.4, 0.5) is 5.69 Å². The van der Waals surface area contributed by atoms with Gasteiger partial charge in [-0.2, -0.15) is 5.10 Å². The van der Waals surface area contributed by atoms with Crippen LogP contribution in [0.3, 0.4) is 0 Å². The number of ether oxygens (including phenoxy) is 1. The molecule has 5 nitrogen and oxygen atoms in total. The highest BCUT2D eigenvalue weighted by atomic mass is 16.5. The summed E-state index contributed by atoms with van der Waals surface area (Å²) in [6.07, 6.45) is 3.45. The van der Waals surface area contributed by atoms with Crippen LogP contribution in [-0.2, 0) is 0 Å². The van der Waals surface area contributed by atoms with Crippen molar-refractivity contribution in [2.75, 3.05) is 12.8 Å². The summed E-state index contributed by atoms with van der Waals surface area (Å²) in [7, 11) is 1.61. The van der Waals surface area contributed by atoms with Crippen molar-refractivity contribution < 1.29 is 4.74 Å². The molecule has 0 aliphatic heterocycles. The Labute approximate surface area is 104 Å². The molecule has 2 N–H and O–H groups in total. The number of anilines is 1. The first-order valence-corrected chi connectivity index (χ1v) is 5.51. The van der Waals surface area contributed by atoms with Gasteiger partial charge in [-0.25, -0.2) is 9.67 Å². The van der Waals surface area contributed by atoms with Gasteiger partial charge in [-0.15, -0.1) is 0 Å². The zero-order valence-electron chi connectivity index (χ0n) is 9.87. The van der Waals surface area contributed by atoms with Gasteiger partial charge in [0.15, 0.2) is 5.82 Å². The minimum absolute atomic E-state index is 0.706. The van der Waals surface area contributed by atoms with Crippen molar-refractivity contribution in [3.63, 3.8) is 0 Å². The molecule has 0 aliphatic rings. The number of rotatable bonds is 2. The maximum atomic E-state index is 5.79. The van der Waals surface area contributed by atoms with Crippen LogP contribution >= 0.6 is 0 Å². The van der Waals surface area contributed by atoms with Crippen LogP contribution in [0.15, 0.2) is 42.7 Å². The van der Waals surface area contributed by atoms with Gasteiger partial charge < -0.3 is 10.5 Å². The number of aromatic nitrogens is 3. The molecule has 0 saturated carbocycles. The number of benzene rings is 1. The first-order chi connectivity index (χ1) is 8.78. The number of hydrogen-bond donors (Lipinski definition) is 1. The van der Waals surface area contributed by atoms with Crippen molar-refractivity contribution in [3.8, 4) is 11.6 Å². The van der Waals surface area contributed by atoms with Crippen LogP contribution in [0.1, 0.15) is 0 Å². The second kappa shape index (κ2) is 4.03. The van der Waals surface area contributed by atoms with Crippen molar-refractivity contribution in [2.45, 2.75) is 0 Å². The molecule has 1 aromatic carbocycles. The lowest BCUT2D eigenvalue weighted by atomic mass is 10.2. The van der Waals surface area contributed by atoms with Gasteiger partial charge in [0.05, 0.1) is 25.0 Å². The molecule has 2 aromatic heterocycles. The quantitative estimate of drug-likeness (QED) is 0.696. The maximum absolute atomic E-state index is 5.79. The summed E-state index contributed by atoms with van der Waals surface area (Å²) in [4.78, 5) is 4.31. The van der Waals surface area contributed by atoms with Gasteiger partial charge in [0.2, 0.25) is 0 Å². The number of nitrogens with two attached hydrogens (primary N) is 1. The molecule has 0 spiro atoms. The van der Waals surface area contributed by atoms with Crippen LogP contribution in [0.5, 0.6) is 5.75 Å². The Balaban J connectivity index is 2.15. The second-order valence-electron chi connectivity index (χ2n) is 3.93. The number of nitrogens with zero attached hydrogens (tertiary/aromatic N) is 3. The maximum Gasteiger partial charge on any atom is 0.154 e. The monoisotopic (exact) mass is 240 g/mol. The molecular weight excluding hydrogens is 228 g/mol. The predicted octanol–water partition coefficient (Wildman–Crippen LogP) is 2.01. The Hall–Kier alpha value is -2.56. The number of hydrogen-bond acceptors (Lipinski definition) is 4. The lowest BCUT2D eigenvalue weighted by Gasteiger charge is -2.04. The van der Waals surface area contributed by atoms with Gasteiger partial charge in [0, 0.05) is 11.1 Å². The summed E-state index contributed by atoms with van der Waals surface area (Å²) in [5, 5.41) is 5.35. The SMILES string of the molecule is COc1ccc(-n2ncc3ccc(N)cc32)nc1. The normalized spacial score (nSPS) is 10.7. The lowest BCUT2D eigenvalue weighted by Crippen LogP contribution is -1.99. The molecule has 90 valence electrons. The van der Waals surface area contributed by atoms with Gasteiger partial charge in [0.1, 0.15) is 5.75 Å². The molecule has 0 unspecified atom stereocenters. The molecule has 3 rings (SSSR count). The average molecular weight is 240 g/mol. The summed E-state index contributed by atoms with van der Waals surface area (Å²) < 4.78 is 6.84. The Morgan fingerprint density at radius 2 is 2.06 bits per heavy atom. The molecule has 0 saturated heterocycles. The van der Waals surface area contributed by atoms with Crippen molar-refractivity contribution in [2.24, 2.45) is 0 Å². The van der Waals surface area contributed by atoms with E-state index in [1.807, 2.05) is 30.3 Å². The molecule has 18 heavy (non-hydrogen) atoms. The Morgan fingerprint density at radius 3 is 2.78 bits per heavy atom. The van der Waals surface area contributed by atoms with Crippen LogP contribution in [0.25, 0.3) is 16.7 Å². The molecule has 0 bridgehead atoms. The van der Waals surface area contributed by atoms with E-state index in [0.717, 1.165) is 22.5 Å². The first kappa shape index (κ1) is 10.6. The molecule has 2 heterocycles. The summed E-state index contributed by atoms with van der Waals surface area (Å²) in [6.45, 7) is 0. The van der Waals surface area contributed by atoms with Gasteiger partial charge in [-0.05, 0) is 30.3 Å². The molecule has 3 aromatic rings. The Bertz CT molecular complexity index is 688. The minimum atomic E-state index is 0.706. The lowest BCUT2D eigenvalue weighted by molar-refractivity contribution is 0.412. The summed E-state index contributed by atoms with van der Waals surface area (Å²) in [5.41, 5.74) is 7.44. The van der Waals surface area contributed by atoms with Gasteiger partial charge in [0.25, 0.3) is 0 Å². The van der Waals surface area contributed by atoms with E-state index in [1.54, 1.807) is 24.2 Å². The zero-order valence-corrected chi connectivity index (χ0v) is 9.87. The number of fused-ring (bicyclic) bond motifs is 1. The third-order valence-corrected chi connectivity index (χ3v) is 2.77. The number of pyridine rings is 1. The number of methoxy groups -OCH3 is 1. The topological polar surface area (TPSA) is 66.0 Å². The van der Waals surface area contributed by atoms with E-state index in [2.05, 4.69) is 10.1 Å². The van der Waals surface area contributed by atoms with Crippen LogP contribution in [0, 0.1) is 0 Å². The molecule has 0 radical (unpaired) electrons. The Kier molecular flexibility index (Phi) is 2.37. The average Bonchev–Trinajstić information content (AvgIpc) is 2.82. The molecule has 5 heteroatoms. The van der Waals surface area contributed by atoms with Crippen molar-refractivity contribution in [1.29, 1.82) is 0 Å². The largest absolute Gasteiger partial charge is 0.495 e. The van der Waals surface area contributed by atoms with Crippen molar-refractivity contribution >= 4 is 16.6 Å². The van der Waals surface area contributed by atoms with Crippen LogP contribution < -0.4 is 10.5 Å². The molecule has 0 amide bonds. The van der Waals surface area contributed by atoms with E-state index in [-0.39, 0.29) is 0 Å². The first-order valence-electron chi connectivity index (χ1n) is 5.51. The second-order valence-corrected chi connectivity index (χ2v) is 3.93. The smallest absolute Gasteiger partial charge is 0.154 e. The summed E-state index contributed by atoms with van der Waals surface area (Å²) in [5.74, 6) is 1.45. The molecule has 0 fully saturated rings. The van der Waals surface area contributed by atoms with E-state index in [4.69, 9.17) is 10.5 Å². The van der Waals surface area contributed by atoms with Crippen LogP contribution in [0.2, 0.25) is 0 Å². The van der Waals surface area contributed by atoms with E-state index in [1.165, 1.54) is 0 Å². The highest BCUT2D eigenvalue weighted by molar-refractivity contribution is 5.83. The summed E-state index contributed by atoms with van der Waals surface area (Å²) in [6, 6.07) is 9.39. The van der Waals surface area contributed by atoms with Crippen molar-refractivity contribution in [1.82, 2.24) is 14.8 Å². The molecule has 0 aliphatic carbocycles. The van der Waals surface area contributed by atoms with Gasteiger partial charge >= 0.3 is 0 Å². The van der Waals surface area contributed by atoms with E-state index < -0.39 is 0 Å². The third kappa shape index (κ3) is 1.66. The van der Waals surface area contributed by atoms with Gasteiger partial charge in [-0.3, -0.25) is 0 Å². The Morgan fingerprint density at radius 1 is 1.17 bits per heavy atom. The zero-order chi connectivity index (χ0) is 12.5. The van der Waals surface area contributed by atoms with Crippen molar-refractivity contribution in [3.05, 3.63) is 42.7 Å².